The van der Waals surface area contributed by atoms with E-state index in [0.29, 0.717) is 24.5 Å². The third-order valence-electron chi connectivity index (χ3n) is 3.06. The van der Waals surface area contributed by atoms with E-state index in [1.54, 1.807) is 0 Å². The van der Waals surface area contributed by atoms with Crippen LogP contribution < -0.4 is 0 Å². The zero-order valence-corrected chi connectivity index (χ0v) is 9.50. The molecule has 15 heavy (non-hydrogen) atoms. The monoisotopic (exact) mass is 226 g/mol. The van der Waals surface area contributed by atoms with Crippen LogP contribution in [0, 0.1) is 0 Å². The third-order valence-corrected chi connectivity index (χ3v) is 3.29. The molecule has 0 saturated carbocycles. The van der Waals surface area contributed by atoms with Gasteiger partial charge in [0.15, 0.2) is 0 Å². The SMILES string of the molecule is CC1OCCC1(O)Cc1cccc(Cl)c1. The number of rotatable bonds is 2. The lowest BCUT2D eigenvalue weighted by molar-refractivity contribution is -0.0268. The highest BCUT2D eigenvalue weighted by Crippen LogP contribution is 2.29. The van der Waals surface area contributed by atoms with Crippen LogP contribution in [-0.4, -0.2) is 23.4 Å². The zero-order chi connectivity index (χ0) is 10.9. The minimum atomic E-state index is -0.731. The Morgan fingerprint density at radius 1 is 1.60 bits per heavy atom. The second kappa shape index (κ2) is 4.12. The van der Waals surface area contributed by atoms with Crippen LogP contribution in [0.1, 0.15) is 18.9 Å². The highest BCUT2D eigenvalue weighted by Gasteiger charge is 2.39. The summed E-state index contributed by atoms with van der Waals surface area (Å²) < 4.78 is 5.39. The van der Waals surface area contributed by atoms with E-state index in [1.165, 1.54) is 0 Å². The number of aliphatic hydroxyl groups is 1. The van der Waals surface area contributed by atoms with Gasteiger partial charge in [-0.05, 0) is 24.6 Å². The van der Waals surface area contributed by atoms with Gasteiger partial charge in [0.25, 0.3) is 0 Å². The van der Waals surface area contributed by atoms with Crippen molar-refractivity contribution in [1.29, 1.82) is 0 Å². The summed E-state index contributed by atoms with van der Waals surface area (Å²) in [6.07, 6.45) is 1.20. The van der Waals surface area contributed by atoms with Gasteiger partial charge in [0.05, 0.1) is 11.7 Å². The van der Waals surface area contributed by atoms with Crippen LogP contribution in [0.15, 0.2) is 24.3 Å². The molecule has 1 N–H and O–H groups in total. The van der Waals surface area contributed by atoms with Crippen LogP contribution in [0.5, 0.6) is 0 Å². The average Bonchev–Trinajstić information content (AvgIpc) is 2.47. The summed E-state index contributed by atoms with van der Waals surface area (Å²) in [6.45, 7) is 2.55. The molecule has 1 aromatic rings. The van der Waals surface area contributed by atoms with Crippen molar-refractivity contribution < 1.29 is 9.84 Å². The summed E-state index contributed by atoms with van der Waals surface area (Å²) in [6, 6.07) is 7.62. The molecule has 1 heterocycles. The van der Waals surface area contributed by atoms with E-state index >= 15 is 0 Å². The molecule has 2 nitrogen and oxygen atoms in total. The molecule has 0 spiro atoms. The fourth-order valence-corrected chi connectivity index (χ4v) is 2.22. The lowest BCUT2D eigenvalue weighted by Gasteiger charge is -2.26. The van der Waals surface area contributed by atoms with E-state index in [1.807, 2.05) is 31.2 Å². The van der Waals surface area contributed by atoms with Crippen molar-refractivity contribution >= 4 is 11.6 Å². The molecular formula is C12H15ClO2. The molecule has 1 aliphatic heterocycles. The van der Waals surface area contributed by atoms with Crippen LogP contribution in [0.3, 0.4) is 0 Å². The molecule has 0 aliphatic carbocycles. The number of benzene rings is 1. The van der Waals surface area contributed by atoms with Crippen molar-refractivity contribution in [3.05, 3.63) is 34.9 Å². The summed E-state index contributed by atoms with van der Waals surface area (Å²) in [5.41, 5.74) is 0.326. The molecule has 0 aromatic heterocycles. The molecule has 1 fully saturated rings. The first-order valence-corrected chi connectivity index (χ1v) is 5.56. The van der Waals surface area contributed by atoms with Gasteiger partial charge in [-0.3, -0.25) is 0 Å². The molecule has 0 radical (unpaired) electrons. The van der Waals surface area contributed by atoms with Crippen molar-refractivity contribution in [2.24, 2.45) is 0 Å². The molecule has 1 saturated heterocycles. The van der Waals surface area contributed by atoms with E-state index in [0.717, 1.165) is 5.56 Å². The molecule has 3 heteroatoms. The quantitative estimate of drug-likeness (QED) is 0.840. The van der Waals surface area contributed by atoms with E-state index in [9.17, 15) is 5.11 Å². The van der Waals surface area contributed by atoms with Crippen molar-refractivity contribution in [2.75, 3.05) is 6.61 Å². The van der Waals surface area contributed by atoms with Gasteiger partial charge in [0.1, 0.15) is 0 Å². The predicted octanol–water partition coefficient (Wildman–Crippen LogP) is 2.42. The number of ether oxygens (including phenoxy) is 1. The summed E-state index contributed by atoms with van der Waals surface area (Å²) in [7, 11) is 0. The molecule has 2 unspecified atom stereocenters. The van der Waals surface area contributed by atoms with Crippen LogP contribution >= 0.6 is 11.6 Å². The molecule has 1 aliphatic rings. The molecule has 1 aromatic carbocycles. The highest BCUT2D eigenvalue weighted by molar-refractivity contribution is 6.30. The minimum Gasteiger partial charge on any atom is -0.387 e. The lowest BCUT2D eigenvalue weighted by atomic mass is 9.89. The Labute approximate surface area is 94.8 Å². The third kappa shape index (κ3) is 2.33. The van der Waals surface area contributed by atoms with Gasteiger partial charge in [0, 0.05) is 24.5 Å². The maximum Gasteiger partial charge on any atom is 0.0967 e. The predicted molar refractivity (Wildman–Crippen MR) is 60.1 cm³/mol. The van der Waals surface area contributed by atoms with Crippen molar-refractivity contribution in [1.82, 2.24) is 0 Å². The van der Waals surface area contributed by atoms with Crippen molar-refractivity contribution in [2.45, 2.75) is 31.5 Å². The molecule has 0 bridgehead atoms. The molecule has 2 rings (SSSR count). The van der Waals surface area contributed by atoms with E-state index in [-0.39, 0.29) is 6.10 Å². The molecular weight excluding hydrogens is 212 g/mol. The fourth-order valence-electron chi connectivity index (χ4n) is 2.00. The topological polar surface area (TPSA) is 29.5 Å². The Kier molecular flexibility index (Phi) is 3.01. The minimum absolute atomic E-state index is 0.100. The first-order valence-electron chi connectivity index (χ1n) is 5.19. The summed E-state index contributed by atoms with van der Waals surface area (Å²) in [5.74, 6) is 0. The Bertz CT molecular complexity index is 353. The second-order valence-corrected chi connectivity index (χ2v) is 4.61. The standard InChI is InChI=1S/C12H15ClO2/c1-9-12(14,5-6-15-9)8-10-3-2-4-11(13)7-10/h2-4,7,9,14H,5-6,8H2,1H3. The number of hydrogen-bond acceptors (Lipinski definition) is 2. The van der Waals surface area contributed by atoms with Gasteiger partial charge in [-0.1, -0.05) is 23.7 Å². The second-order valence-electron chi connectivity index (χ2n) is 4.17. The average molecular weight is 227 g/mol. The number of hydrogen-bond donors (Lipinski definition) is 1. The van der Waals surface area contributed by atoms with Crippen LogP contribution in [0.4, 0.5) is 0 Å². The van der Waals surface area contributed by atoms with Gasteiger partial charge in [-0.2, -0.15) is 0 Å². The van der Waals surface area contributed by atoms with Crippen molar-refractivity contribution in [3.8, 4) is 0 Å². The van der Waals surface area contributed by atoms with Gasteiger partial charge >= 0.3 is 0 Å². The molecule has 0 amide bonds. The van der Waals surface area contributed by atoms with Crippen molar-refractivity contribution in [3.63, 3.8) is 0 Å². The Hall–Kier alpha value is -0.570. The van der Waals surface area contributed by atoms with Gasteiger partial charge in [-0.25, -0.2) is 0 Å². The van der Waals surface area contributed by atoms with Crippen LogP contribution in [-0.2, 0) is 11.2 Å². The summed E-state index contributed by atoms with van der Waals surface area (Å²) in [5, 5.41) is 11.0. The van der Waals surface area contributed by atoms with Gasteiger partial charge in [-0.15, -0.1) is 0 Å². The summed E-state index contributed by atoms with van der Waals surface area (Å²) in [4.78, 5) is 0. The van der Waals surface area contributed by atoms with Crippen LogP contribution in [0.2, 0.25) is 5.02 Å². The maximum absolute atomic E-state index is 10.3. The highest BCUT2D eigenvalue weighted by atomic mass is 35.5. The first kappa shape index (κ1) is 10.9. The van der Waals surface area contributed by atoms with Gasteiger partial charge in [0.2, 0.25) is 0 Å². The fraction of sp³-hybridized carbons (Fsp3) is 0.500. The van der Waals surface area contributed by atoms with E-state index < -0.39 is 5.60 Å². The Morgan fingerprint density at radius 2 is 2.40 bits per heavy atom. The number of halogens is 1. The van der Waals surface area contributed by atoms with Crippen LogP contribution in [0.25, 0.3) is 0 Å². The molecule has 2 atom stereocenters. The first-order chi connectivity index (χ1) is 7.10. The largest absolute Gasteiger partial charge is 0.387 e. The van der Waals surface area contributed by atoms with E-state index in [4.69, 9.17) is 16.3 Å². The zero-order valence-electron chi connectivity index (χ0n) is 8.74. The lowest BCUT2D eigenvalue weighted by Crippen LogP contribution is -2.38. The Balaban J connectivity index is 2.14. The normalized spacial score (nSPS) is 30.7. The van der Waals surface area contributed by atoms with Gasteiger partial charge < -0.3 is 9.84 Å². The molecule has 82 valence electrons. The summed E-state index contributed by atoms with van der Waals surface area (Å²) >= 11 is 5.90. The Morgan fingerprint density at radius 3 is 3.00 bits per heavy atom. The van der Waals surface area contributed by atoms with E-state index in [2.05, 4.69) is 0 Å². The maximum atomic E-state index is 10.3. The smallest absolute Gasteiger partial charge is 0.0967 e.